The van der Waals surface area contributed by atoms with Gasteiger partial charge in [-0.1, -0.05) is 19.1 Å². The molecule has 4 N–H and O–H groups in total. The highest BCUT2D eigenvalue weighted by atomic mass is 32.2. The van der Waals surface area contributed by atoms with Crippen molar-refractivity contribution >= 4 is 22.7 Å². The molecule has 2 aliphatic heterocycles. The van der Waals surface area contributed by atoms with E-state index in [0.29, 0.717) is 0 Å². The lowest BCUT2D eigenvalue weighted by molar-refractivity contribution is -0.205. The zero-order valence-electron chi connectivity index (χ0n) is 15.3. The van der Waals surface area contributed by atoms with E-state index >= 15 is 0 Å². The molecule has 0 amide bonds. The van der Waals surface area contributed by atoms with Gasteiger partial charge in [0.05, 0.1) is 21.8 Å². The lowest BCUT2D eigenvalue weighted by Gasteiger charge is -2.44. The summed E-state index contributed by atoms with van der Waals surface area (Å²) in [7, 11) is -1.35. The molecule has 2 rings (SSSR count). The number of ether oxygens (including phenoxy) is 1. The Morgan fingerprint density at radius 1 is 1.20 bits per heavy atom. The van der Waals surface area contributed by atoms with Crippen LogP contribution in [0.1, 0.15) is 40.5 Å². The maximum absolute atomic E-state index is 12.6. The van der Waals surface area contributed by atoms with Gasteiger partial charge in [0.25, 0.3) is 0 Å². The molecule has 8 atom stereocenters. The normalized spacial score (nSPS) is 43.1. The van der Waals surface area contributed by atoms with Crippen molar-refractivity contribution in [1.82, 2.24) is 4.72 Å². The third kappa shape index (κ3) is 5.28. The van der Waals surface area contributed by atoms with E-state index in [0.717, 1.165) is 18.6 Å². The van der Waals surface area contributed by atoms with E-state index < -0.39 is 51.6 Å². The molecule has 1 saturated heterocycles. The van der Waals surface area contributed by atoms with Gasteiger partial charge < -0.3 is 20.1 Å². The molecule has 2 heterocycles. The minimum absolute atomic E-state index is 0.0582. The van der Waals surface area contributed by atoms with Crippen LogP contribution in [0.3, 0.4) is 0 Å². The Bertz CT molecular complexity index is 496. The summed E-state index contributed by atoms with van der Waals surface area (Å²) in [4.78, 5) is 0. The number of hydrogen-bond acceptors (Lipinski definition) is 6. The smallest absolute Gasteiger partial charge is 0.132 e. The number of allylic oxidation sites excluding steroid dienone is 1. The van der Waals surface area contributed by atoms with E-state index in [9.17, 15) is 19.5 Å². The Hall–Kier alpha value is 0.0400. The summed E-state index contributed by atoms with van der Waals surface area (Å²) in [6.45, 7) is 7.59. The third-order valence-corrected chi connectivity index (χ3v) is 7.40. The first kappa shape index (κ1) is 21.3. The minimum Gasteiger partial charge on any atom is -0.388 e. The van der Waals surface area contributed by atoms with E-state index in [1.54, 1.807) is 0 Å². The standard InChI is InChI=1S/C17H31NO5S2/c1-10-8-6-5-7-9-24-16-14(21)12(19)13(20)15(23-16)11(10)18-25(22)17(2,3)4/h6,8,10-16,18-21H,5,7,9H2,1-4H3/b8-6-/t10-,11-,12+,13-,14-,15-,16-,25-/m1/s1. The number of thioether (sulfide) groups is 1. The second-order valence-electron chi connectivity index (χ2n) is 7.77. The van der Waals surface area contributed by atoms with Crippen molar-refractivity contribution in [3.8, 4) is 0 Å². The number of hydrogen-bond donors (Lipinski definition) is 4. The van der Waals surface area contributed by atoms with Gasteiger partial charge in [0.2, 0.25) is 0 Å². The van der Waals surface area contributed by atoms with Crippen molar-refractivity contribution < 1.29 is 24.3 Å². The molecular weight excluding hydrogens is 362 g/mol. The highest BCUT2D eigenvalue weighted by Crippen LogP contribution is 2.33. The maximum atomic E-state index is 12.6. The maximum Gasteiger partial charge on any atom is 0.132 e. The van der Waals surface area contributed by atoms with Gasteiger partial charge in [-0.3, -0.25) is 0 Å². The lowest BCUT2D eigenvalue weighted by Crippen LogP contribution is -2.64. The van der Waals surface area contributed by atoms with Gasteiger partial charge in [-0.05, 0) is 45.3 Å². The van der Waals surface area contributed by atoms with Crippen LogP contribution in [-0.4, -0.2) is 65.9 Å². The van der Waals surface area contributed by atoms with Crippen LogP contribution >= 0.6 is 11.8 Å². The lowest BCUT2D eigenvalue weighted by atomic mass is 9.88. The summed E-state index contributed by atoms with van der Waals surface area (Å²) in [5, 5.41) is 31.0. The van der Waals surface area contributed by atoms with E-state index in [2.05, 4.69) is 10.8 Å². The first-order valence-corrected chi connectivity index (χ1v) is 11.0. The zero-order valence-corrected chi connectivity index (χ0v) is 16.9. The van der Waals surface area contributed by atoms with E-state index in [1.165, 1.54) is 11.8 Å². The first-order valence-electron chi connectivity index (χ1n) is 8.79. The van der Waals surface area contributed by atoms with Gasteiger partial charge >= 0.3 is 0 Å². The average Bonchev–Trinajstić information content (AvgIpc) is 2.56. The molecule has 0 spiro atoms. The fourth-order valence-electron chi connectivity index (χ4n) is 2.91. The summed E-state index contributed by atoms with van der Waals surface area (Å²) in [5.41, 5.74) is -0.610. The van der Waals surface area contributed by atoms with Gasteiger partial charge in [-0.2, -0.15) is 0 Å². The molecular formula is C17H31NO5S2. The minimum atomic E-state index is -1.35. The van der Waals surface area contributed by atoms with Gasteiger partial charge in [0.1, 0.15) is 29.9 Å². The van der Waals surface area contributed by atoms with Crippen LogP contribution < -0.4 is 4.72 Å². The number of fused-ring (bicyclic) bond motifs is 2. The summed E-state index contributed by atoms with van der Waals surface area (Å²) >= 11 is 1.44. The number of nitrogens with one attached hydrogen (secondary N) is 1. The second kappa shape index (κ2) is 8.82. The second-order valence-corrected chi connectivity index (χ2v) is 11.0. The van der Waals surface area contributed by atoms with Crippen LogP contribution in [0.15, 0.2) is 12.2 Å². The molecule has 0 aromatic carbocycles. The molecule has 8 heteroatoms. The third-order valence-electron chi connectivity index (χ3n) is 4.56. The molecule has 2 aliphatic rings. The average molecular weight is 394 g/mol. The van der Waals surface area contributed by atoms with Gasteiger partial charge in [0.15, 0.2) is 0 Å². The highest BCUT2D eigenvalue weighted by Gasteiger charge is 2.48. The van der Waals surface area contributed by atoms with Gasteiger partial charge in [0, 0.05) is 0 Å². The quantitative estimate of drug-likeness (QED) is 0.521. The van der Waals surface area contributed by atoms with Crippen molar-refractivity contribution in [2.45, 2.75) is 81.2 Å². The molecule has 0 aromatic heterocycles. The predicted molar refractivity (Wildman–Crippen MR) is 101 cm³/mol. The summed E-state index contributed by atoms with van der Waals surface area (Å²) in [6, 6.07) is -0.449. The Labute approximate surface area is 157 Å². The van der Waals surface area contributed by atoms with E-state index in [-0.39, 0.29) is 5.92 Å². The van der Waals surface area contributed by atoms with Crippen LogP contribution in [-0.2, 0) is 15.7 Å². The van der Waals surface area contributed by atoms with Crippen LogP contribution in [0, 0.1) is 5.92 Å². The number of aliphatic hydroxyl groups is 3. The molecule has 1 fully saturated rings. The molecule has 0 radical (unpaired) electrons. The Balaban J connectivity index is 2.32. The highest BCUT2D eigenvalue weighted by molar-refractivity contribution is 7.99. The van der Waals surface area contributed by atoms with Crippen LogP contribution in [0.5, 0.6) is 0 Å². The van der Waals surface area contributed by atoms with Crippen LogP contribution in [0.25, 0.3) is 0 Å². The number of rotatable bonds is 2. The topological polar surface area (TPSA) is 99.0 Å². The number of aliphatic hydroxyl groups excluding tert-OH is 3. The monoisotopic (exact) mass is 393 g/mol. The zero-order chi connectivity index (χ0) is 18.8. The first-order chi connectivity index (χ1) is 11.6. The van der Waals surface area contributed by atoms with Crippen molar-refractivity contribution in [2.75, 3.05) is 5.75 Å². The molecule has 6 nitrogen and oxygen atoms in total. The molecule has 0 aromatic rings. The Kier molecular flexibility index (Phi) is 7.53. The molecule has 0 saturated carbocycles. The summed E-state index contributed by atoms with van der Waals surface area (Å²) in [5.74, 6) is 0.735. The van der Waals surface area contributed by atoms with E-state index in [1.807, 2.05) is 33.8 Å². The van der Waals surface area contributed by atoms with Crippen LogP contribution in [0.2, 0.25) is 0 Å². The molecule has 2 bridgehead atoms. The summed E-state index contributed by atoms with van der Waals surface area (Å²) < 4.78 is 21.2. The van der Waals surface area contributed by atoms with Crippen molar-refractivity contribution in [3.05, 3.63) is 12.2 Å². The molecule has 0 unspecified atom stereocenters. The molecule has 146 valence electrons. The SMILES string of the molecule is C[C@@H]1/C=C\CCCS[C@H]2O[C@@H]([C@H](O)[C@H](O)[C@H]2O)[C@@H]1N[S@](=O)C(C)(C)C. The molecule has 0 aliphatic carbocycles. The Morgan fingerprint density at radius 2 is 1.88 bits per heavy atom. The van der Waals surface area contributed by atoms with Crippen molar-refractivity contribution in [2.24, 2.45) is 5.92 Å². The fourth-order valence-corrected chi connectivity index (χ4v) is 4.99. The Morgan fingerprint density at radius 3 is 2.52 bits per heavy atom. The van der Waals surface area contributed by atoms with Gasteiger partial charge in [-0.25, -0.2) is 8.93 Å². The molecule has 25 heavy (non-hydrogen) atoms. The summed E-state index contributed by atoms with van der Waals surface area (Å²) in [6.07, 6.45) is 1.53. The van der Waals surface area contributed by atoms with E-state index in [4.69, 9.17) is 4.74 Å². The fraction of sp³-hybridized carbons (Fsp3) is 0.882. The van der Waals surface area contributed by atoms with Gasteiger partial charge in [-0.15, -0.1) is 11.8 Å². The van der Waals surface area contributed by atoms with Crippen molar-refractivity contribution in [1.29, 1.82) is 0 Å². The van der Waals surface area contributed by atoms with Crippen molar-refractivity contribution in [3.63, 3.8) is 0 Å². The van der Waals surface area contributed by atoms with Crippen LogP contribution in [0.4, 0.5) is 0 Å². The predicted octanol–water partition coefficient (Wildman–Crippen LogP) is 0.934. The largest absolute Gasteiger partial charge is 0.388 e.